The molecule has 1 heterocycles. The van der Waals surface area contributed by atoms with Gasteiger partial charge in [-0.25, -0.2) is 4.98 Å². The van der Waals surface area contributed by atoms with Crippen LogP contribution in [0.15, 0.2) is 18.2 Å². The van der Waals surface area contributed by atoms with Gasteiger partial charge >= 0.3 is 0 Å². The molecule has 16 heavy (non-hydrogen) atoms. The van der Waals surface area contributed by atoms with Crippen LogP contribution in [0.3, 0.4) is 0 Å². The molecule has 4 heteroatoms. The van der Waals surface area contributed by atoms with Crippen molar-refractivity contribution >= 4 is 28.4 Å². The average molecular weight is 237 g/mol. The SMILES string of the molecule is CC(C)(C)C(=O)c1nc2ccc(Cl)cc2[nH]1. The molecule has 0 saturated carbocycles. The number of nitrogens with one attached hydrogen (secondary N) is 1. The summed E-state index contributed by atoms with van der Waals surface area (Å²) in [5, 5.41) is 0.630. The highest BCUT2D eigenvalue weighted by Crippen LogP contribution is 2.22. The van der Waals surface area contributed by atoms with Gasteiger partial charge in [-0.15, -0.1) is 0 Å². The van der Waals surface area contributed by atoms with Crippen molar-refractivity contribution in [2.24, 2.45) is 5.41 Å². The second kappa shape index (κ2) is 3.59. The fourth-order valence-electron chi connectivity index (χ4n) is 1.44. The lowest BCUT2D eigenvalue weighted by molar-refractivity contribution is 0.0848. The molecule has 1 aromatic heterocycles. The smallest absolute Gasteiger partial charge is 0.203 e. The monoisotopic (exact) mass is 236 g/mol. The first kappa shape index (κ1) is 11.1. The number of imidazole rings is 1. The van der Waals surface area contributed by atoms with Crippen molar-refractivity contribution < 1.29 is 4.79 Å². The van der Waals surface area contributed by atoms with Gasteiger partial charge in [-0.1, -0.05) is 32.4 Å². The van der Waals surface area contributed by atoms with Crippen molar-refractivity contribution in [3.8, 4) is 0 Å². The van der Waals surface area contributed by atoms with E-state index in [2.05, 4.69) is 9.97 Å². The van der Waals surface area contributed by atoms with E-state index in [4.69, 9.17) is 11.6 Å². The van der Waals surface area contributed by atoms with Gasteiger partial charge < -0.3 is 4.98 Å². The minimum Gasteiger partial charge on any atom is -0.335 e. The molecular formula is C12H13ClN2O. The number of aromatic amines is 1. The summed E-state index contributed by atoms with van der Waals surface area (Å²) < 4.78 is 0. The summed E-state index contributed by atoms with van der Waals surface area (Å²) in [6.07, 6.45) is 0. The molecule has 2 aromatic rings. The number of carbonyl (C=O) groups excluding carboxylic acids is 1. The quantitative estimate of drug-likeness (QED) is 0.771. The number of aromatic nitrogens is 2. The third kappa shape index (κ3) is 1.95. The van der Waals surface area contributed by atoms with Gasteiger partial charge in [0.05, 0.1) is 11.0 Å². The molecule has 84 valence electrons. The Morgan fingerprint density at radius 3 is 2.69 bits per heavy atom. The molecule has 0 fully saturated rings. The van der Waals surface area contributed by atoms with Crippen molar-refractivity contribution in [3.63, 3.8) is 0 Å². The molecule has 0 spiro atoms. The number of H-pyrrole nitrogens is 1. The van der Waals surface area contributed by atoms with E-state index in [-0.39, 0.29) is 5.78 Å². The number of benzene rings is 1. The van der Waals surface area contributed by atoms with Crippen LogP contribution in [-0.4, -0.2) is 15.8 Å². The maximum atomic E-state index is 12.0. The molecule has 0 bridgehead atoms. The molecule has 0 aliphatic carbocycles. The second-order valence-corrected chi connectivity index (χ2v) is 5.26. The predicted molar refractivity (Wildman–Crippen MR) is 64.9 cm³/mol. The van der Waals surface area contributed by atoms with Gasteiger partial charge in [-0.05, 0) is 18.2 Å². The van der Waals surface area contributed by atoms with Crippen LogP contribution in [0, 0.1) is 5.41 Å². The first-order valence-electron chi connectivity index (χ1n) is 5.08. The summed E-state index contributed by atoms with van der Waals surface area (Å²) in [6.45, 7) is 5.61. The molecule has 0 radical (unpaired) electrons. The molecule has 0 aliphatic rings. The Balaban J connectivity index is 2.52. The third-order valence-corrected chi connectivity index (χ3v) is 2.58. The number of rotatable bonds is 1. The average Bonchev–Trinajstić information content (AvgIpc) is 2.57. The molecule has 1 aromatic carbocycles. The van der Waals surface area contributed by atoms with Crippen LogP contribution in [0.25, 0.3) is 11.0 Å². The summed E-state index contributed by atoms with van der Waals surface area (Å²) in [5.74, 6) is 0.393. The van der Waals surface area contributed by atoms with Gasteiger partial charge in [0.15, 0.2) is 5.82 Å². The number of fused-ring (bicyclic) bond motifs is 1. The van der Waals surface area contributed by atoms with E-state index in [0.29, 0.717) is 10.8 Å². The van der Waals surface area contributed by atoms with E-state index in [1.807, 2.05) is 20.8 Å². The fourth-order valence-corrected chi connectivity index (χ4v) is 1.62. The molecule has 0 unspecified atom stereocenters. The van der Waals surface area contributed by atoms with Gasteiger partial charge in [0.2, 0.25) is 5.78 Å². The molecule has 2 rings (SSSR count). The van der Waals surface area contributed by atoms with Crippen molar-refractivity contribution in [1.82, 2.24) is 9.97 Å². The molecule has 0 saturated heterocycles. The molecule has 0 amide bonds. The molecule has 3 nitrogen and oxygen atoms in total. The minimum atomic E-state index is -0.433. The van der Waals surface area contributed by atoms with E-state index < -0.39 is 5.41 Å². The first-order chi connectivity index (χ1) is 7.38. The molecule has 0 aliphatic heterocycles. The van der Waals surface area contributed by atoms with Gasteiger partial charge in [-0.3, -0.25) is 4.79 Å². The number of carbonyl (C=O) groups is 1. The van der Waals surface area contributed by atoms with Crippen LogP contribution in [0.5, 0.6) is 0 Å². The Kier molecular flexibility index (Phi) is 2.50. The summed E-state index contributed by atoms with van der Waals surface area (Å²) in [4.78, 5) is 19.2. The van der Waals surface area contributed by atoms with Gasteiger partial charge in [0.25, 0.3) is 0 Å². The number of ketones is 1. The maximum Gasteiger partial charge on any atom is 0.203 e. The lowest BCUT2D eigenvalue weighted by Gasteiger charge is -2.13. The van der Waals surface area contributed by atoms with E-state index in [1.165, 1.54) is 0 Å². The van der Waals surface area contributed by atoms with Crippen molar-refractivity contribution in [3.05, 3.63) is 29.0 Å². The van der Waals surface area contributed by atoms with Crippen LogP contribution in [0.1, 0.15) is 31.4 Å². The molecule has 0 atom stereocenters. The normalized spacial score (nSPS) is 12.0. The minimum absolute atomic E-state index is 0.000164. The van der Waals surface area contributed by atoms with Crippen LogP contribution in [0.4, 0.5) is 0 Å². The molecular weight excluding hydrogens is 224 g/mol. The number of hydrogen-bond donors (Lipinski definition) is 1. The van der Waals surface area contributed by atoms with Crippen LogP contribution in [0.2, 0.25) is 5.02 Å². The first-order valence-corrected chi connectivity index (χ1v) is 5.46. The Morgan fingerprint density at radius 2 is 2.06 bits per heavy atom. The van der Waals surface area contributed by atoms with Crippen molar-refractivity contribution in [1.29, 1.82) is 0 Å². The van der Waals surface area contributed by atoms with Crippen LogP contribution in [-0.2, 0) is 0 Å². The van der Waals surface area contributed by atoms with Crippen molar-refractivity contribution in [2.75, 3.05) is 0 Å². The highest BCUT2D eigenvalue weighted by Gasteiger charge is 2.25. The number of Topliss-reactive ketones (excluding diaryl/α,β-unsaturated/α-hetero) is 1. The summed E-state index contributed by atoms with van der Waals surface area (Å²) in [5.41, 5.74) is 1.12. The van der Waals surface area contributed by atoms with E-state index in [1.54, 1.807) is 18.2 Å². The van der Waals surface area contributed by atoms with Crippen LogP contribution >= 0.6 is 11.6 Å². The zero-order chi connectivity index (χ0) is 11.9. The van der Waals surface area contributed by atoms with Gasteiger partial charge in [0.1, 0.15) is 0 Å². The second-order valence-electron chi connectivity index (χ2n) is 4.83. The lowest BCUT2D eigenvalue weighted by atomic mass is 9.90. The van der Waals surface area contributed by atoms with E-state index >= 15 is 0 Å². The topological polar surface area (TPSA) is 45.8 Å². The van der Waals surface area contributed by atoms with Gasteiger partial charge in [0, 0.05) is 10.4 Å². The highest BCUT2D eigenvalue weighted by atomic mass is 35.5. The highest BCUT2D eigenvalue weighted by molar-refractivity contribution is 6.31. The predicted octanol–water partition coefficient (Wildman–Crippen LogP) is 3.45. The zero-order valence-corrected chi connectivity index (χ0v) is 10.2. The molecule has 1 N–H and O–H groups in total. The Bertz CT molecular complexity index is 552. The van der Waals surface area contributed by atoms with Crippen LogP contribution < -0.4 is 0 Å². The van der Waals surface area contributed by atoms with E-state index in [9.17, 15) is 4.79 Å². The summed E-state index contributed by atoms with van der Waals surface area (Å²) in [7, 11) is 0. The lowest BCUT2D eigenvalue weighted by Crippen LogP contribution is -2.21. The number of hydrogen-bond acceptors (Lipinski definition) is 2. The third-order valence-electron chi connectivity index (χ3n) is 2.34. The Morgan fingerprint density at radius 1 is 1.38 bits per heavy atom. The fraction of sp³-hybridized carbons (Fsp3) is 0.333. The van der Waals surface area contributed by atoms with Crippen molar-refractivity contribution in [2.45, 2.75) is 20.8 Å². The van der Waals surface area contributed by atoms with E-state index in [0.717, 1.165) is 11.0 Å². The largest absolute Gasteiger partial charge is 0.335 e. The number of nitrogens with zero attached hydrogens (tertiary/aromatic N) is 1. The summed E-state index contributed by atoms with van der Waals surface area (Å²) >= 11 is 5.86. The maximum absolute atomic E-state index is 12.0. The Labute approximate surface area is 98.8 Å². The zero-order valence-electron chi connectivity index (χ0n) is 9.47. The summed E-state index contributed by atoms with van der Waals surface area (Å²) in [6, 6.07) is 5.33. The Hall–Kier alpha value is -1.35. The van der Waals surface area contributed by atoms with Gasteiger partial charge in [-0.2, -0.15) is 0 Å². The number of halogens is 1. The standard InChI is InChI=1S/C12H13ClN2O/c1-12(2,3)10(16)11-14-8-5-4-7(13)6-9(8)15-11/h4-6H,1-3H3,(H,14,15).